The zero-order chi connectivity index (χ0) is 26.8. The van der Waals surface area contributed by atoms with Gasteiger partial charge in [0.05, 0.1) is 30.7 Å². The van der Waals surface area contributed by atoms with E-state index in [1.807, 2.05) is 49.4 Å². The van der Waals surface area contributed by atoms with Crippen molar-refractivity contribution in [3.05, 3.63) is 98.4 Å². The Morgan fingerprint density at radius 2 is 1.74 bits per heavy atom. The van der Waals surface area contributed by atoms with Crippen molar-refractivity contribution in [2.45, 2.75) is 45.6 Å². The zero-order valence-electron chi connectivity index (χ0n) is 21.8. The van der Waals surface area contributed by atoms with Crippen LogP contribution in [0.4, 0.5) is 5.69 Å². The average molecular weight is 532 g/mol. The number of unbranched alkanes of at least 4 members (excludes halogenated alkanes) is 3. The minimum Gasteiger partial charge on any atom is -0.493 e. The van der Waals surface area contributed by atoms with E-state index in [0.717, 1.165) is 24.8 Å². The van der Waals surface area contributed by atoms with Crippen LogP contribution in [0.25, 0.3) is 11.0 Å². The molecule has 0 spiro atoms. The smallest absolute Gasteiger partial charge is 0.295 e. The van der Waals surface area contributed by atoms with Gasteiger partial charge in [-0.05, 0) is 61.4 Å². The largest absolute Gasteiger partial charge is 0.493 e. The summed E-state index contributed by atoms with van der Waals surface area (Å²) in [4.78, 5) is 29.2. The van der Waals surface area contributed by atoms with Crippen LogP contribution in [0, 0.1) is 6.92 Å². The highest BCUT2D eigenvalue weighted by Gasteiger charge is 2.44. The molecule has 0 fully saturated rings. The summed E-state index contributed by atoms with van der Waals surface area (Å²) >= 11 is 6.20. The molecule has 0 N–H and O–H groups in total. The molecule has 4 aromatic rings. The molecule has 2 heterocycles. The van der Waals surface area contributed by atoms with Crippen molar-refractivity contribution in [1.29, 1.82) is 0 Å². The number of ether oxygens (including phenoxy) is 2. The maximum atomic E-state index is 13.8. The highest BCUT2D eigenvalue weighted by Crippen LogP contribution is 2.43. The zero-order valence-corrected chi connectivity index (χ0v) is 22.5. The standard InChI is InChI=1S/C31H30ClNO5/c1-4-5-6-7-16-37-25-14-10-20(17-26(25)36-3)28-27-29(34)23-18-21(32)11-15-24(23)38-30(27)31(35)33(28)22-12-8-19(2)9-13-22/h8-15,17-18,28H,4-7,16H2,1-3H3. The van der Waals surface area contributed by atoms with Crippen molar-refractivity contribution in [2.75, 3.05) is 18.6 Å². The van der Waals surface area contributed by atoms with Gasteiger partial charge in [0.1, 0.15) is 5.58 Å². The molecule has 0 aliphatic carbocycles. The Bertz CT molecular complexity index is 1540. The van der Waals surface area contributed by atoms with Crippen LogP contribution in [-0.2, 0) is 0 Å². The van der Waals surface area contributed by atoms with Crippen molar-refractivity contribution in [2.24, 2.45) is 0 Å². The van der Waals surface area contributed by atoms with Crippen molar-refractivity contribution >= 4 is 34.2 Å². The Balaban J connectivity index is 1.63. The molecule has 38 heavy (non-hydrogen) atoms. The van der Waals surface area contributed by atoms with Gasteiger partial charge in [-0.1, -0.05) is 61.5 Å². The molecule has 0 radical (unpaired) electrons. The van der Waals surface area contributed by atoms with Crippen LogP contribution in [-0.4, -0.2) is 19.6 Å². The Kier molecular flexibility index (Phi) is 7.43. The number of aryl methyl sites for hydroxylation is 1. The third-order valence-corrected chi connectivity index (χ3v) is 7.14. The monoisotopic (exact) mass is 531 g/mol. The summed E-state index contributed by atoms with van der Waals surface area (Å²) in [5.41, 5.74) is 2.74. The lowest BCUT2D eigenvalue weighted by molar-refractivity contribution is 0.0971. The maximum absolute atomic E-state index is 13.8. The second-order valence-corrected chi connectivity index (χ2v) is 9.98. The summed E-state index contributed by atoms with van der Waals surface area (Å²) in [5, 5.41) is 0.752. The topological polar surface area (TPSA) is 69.0 Å². The second-order valence-electron chi connectivity index (χ2n) is 9.55. The first kappa shape index (κ1) is 25.9. The van der Waals surface area contributed by atoms with Crippen molar-refractivity contribution in [1.82, 2.24) is 0 Å². The highest BCUT2D eigenvalue weighted by atomic mass is 35.5. The van der Waals surface area contributed by atoms with E-state index in [2.05, 4.69) is 6.92 Å². The molecular formula is C31H30ClNO5. The number of halogens is 1. The molecule has 0 saturated carbocycles. The minimum absolute atomic E-state index is 0.0330. The Morgan fingerprint density at radius 3 is 2.47 bits per heavy atom. The number of methoxy groups -OCH3 is 1. The maximum Gasteiger partial charge on any atom is 0.295 e. The Morgan fingerprint density at radius 1 is 0.947 bits per heavy atom. The van der Waals surface area contributed by atoms with Gasteiger partial charge in [0.2, 0.25) is 5.76 Å². The van der Waals surface area contributed by atoms with Gasteiger partial charge in [-0.25, -0.2) is 0 Å². The third-order valence-electron chi connectivity index (χ3n) is 6.90. The number of rotatable bonds is 9. The van der Waals surface area contributed by atoms with E-state index in [1.165, 1.54) is 6.42 Å². The normalized spacial score (nSPS) is 14.7. The van der Waals surface area contributed by atoms with Crippen LogP contribution in [0.2, 0.25) is 5.02 Å². The SMILES string of the molecule is CCCCCCOc1ccc(C2c3c(oc4ccc(Cl)cc4c3=O)C(=O)N2c2ccc(C)cc2)cc1OC. The van der Waals surface area contributed by atoms with E-state index in [9.17, 15) is 9.59 Å². The van der Waals surface area contributed by atoms with Gasteiger partial charge in [0.25, 0.3) is 5.91 Å². The summed E-state index contributed by atoms with van der Waals surface area (Å²) in [5.74, 6) is 0.816. The van der Waals surface area contributed by atoms with Gasteiger partial charge in [-0.2, -0.15) is 0 Å². The number of carbonyl (C=O) groups excluding carboxylic acids is 1. The summed E-state index contributed by atoms with van der Waals surface area (Å²) in [6.07, 6.45) is 4.40. The first-order valence-corrected chi connectivity index (χ1v) is 13.3. The van der Waals surface area contributed by atoms with Gasteiger partial charge >= 0.3 is 0 Å². The number of fused-ring (bicyclic) bond motifs is 2. The number of hydrogen-bond donors (Lipinski definition) is 0. The van der Waals surface area contributed by atoms with Gasteiger partial charge < -0.3 is 13.9 Å². The van der Waals surface area contributed by atoms with Crippen LogP contribution in [0.15, 0.2) is 69.9 Å². The lowest BCUT2D eigenvalue weighted by Gasteiger charge is -2.26. The van der Waals surface area contributed by atoms with E-state index >= 15 is 0 Å². The Hall–Kier alpha value is -3.77. The fourth-order valence-electron chi connectivity index (χ4n) is 4.92. The second kappa shape index (κ2) is 10.9. The molecule has 1 aliphatic rings. The summed E-state index contributed by atoms with van der Waals surface area (Å²) in [6, 6.07) is 17.3. The fourth-order valence-corrected chi connectivity index (χ4v) is 5.09. The van der Waals surface area contributed by atoms with Crippen molar-refractivity contribution < 1.29 is 18.7 Å². The molecule has 196 valence electrons. The van der Waals surface area contributed by atoms with Gasteiger partial charge in [-0.3, -0.25) is 14.5 Å². The lowest BCUT2D eigenvalue weighted by Crippen LogP contribution is -2.29. The van der Waals surface area contributed by atoms with E-state index < -0.39 is 6.04 Å². The third kappa shape index (κ3) is 4.76. The molecule has 7 heteroatoms. The molecular weight excluding hydrogens is 502 g/mol. The number of carbonyl (C=O) groups is 1. The van der Waals surface area contributed by atoms with E-state index in [0.29, 0.717) is 45.3 Å². The molecule has 1 amide bonds. The minimum atomic E-state index is -0.715. The van der Waals surface area contributed by atoms with Crippen LogP contribution in [0.5, 0.6) is 11.5 Å². The molecule has 0 bridgehead atoms. The van der Waals surface area contributed by atoms with Crippen molar-refractivity contribution in [3.63, 3.8) is 0 Å². The van der Waals surface area contributed by atoms with Gasteiger partial charge in [0, 0.05) is 10.7 Å². The molecule has 0 saturated heterocycles. The first-order valence-electron chi connectivity index (χ1n) is 12.9. The molecule has 1 atom stereocenters. The van der Waals surface area contributed by atoms with Crippen molar-refractivity contribution in [3.8, 4) is 11.5 Å². The van der Waals surface area contributed by atoms with E-state index in [-0.39, 0.29) is 22.7 Å². The first-order chi connectivity index (χ1) is 18.4. The number of hydrogen-bond acceptors (Lipinski definition) is 5. The lowest BCUT2D eigenvalue weighted by atomic mass is 9.97. The van der Waals surface area contributed by atoms with Crippen LogP contribution in [0.3, 0.4) is 0 Å². The van der Waals surface area contributed by atoms with Crippen LogP contribution >= 0.6 is 11.6 Å². The molecule has 1 aromatic heterocycles. The Labute approximate surface area is 226 Å². The fraction of sp³-hybridized carbons (Fsp3) is 0.290. The quantitative estimate of drug-likeness (QED) is 0.209. The molecule has 1 unspecified atom stereocenters. The number of anilines is 1. The summed E-state index contributed by atoms with van der Waals surface area (Å²) in [7, 11) is 1.58. The van der Waals surface area contributed by atoms with Gasteiger partial charge in [-0.15, -0.1) is 0 Å². The molecule has 3 aromatic carbocycles. The summed E-state index contributed by atoms with van der Waals surface area (Å²) < 4.78 is 17.7. The number of nitrogens with zero attached hydrogens (tertiary/aromatic N) is 1. The van der Waals surface area contributed by atoms with Crippen LogP contribution in [0.1, 0.15) is 65.9 Å². The summed E-state index contributed by atoms with van der Waals surface area (Å²) in [6.45, 7) is 4.74. The van der Waals surface area contributed by atoms with E-state index in [1.54, 1.807) is 30.2 Å². The predicted octanol–water partition coefficient (Wildman–Crippen LogP) is 7.47. The number of benzene rings is 3. The van der Waals surface area contributed by atoms with Crippen LogP contribution < -0.4 is 19.8 Å². The molecule has 6 nitrogen and oxygen atoms in total. The molecule has 1 aliphatic heterocycles. The predicted molar refractivity (Wildman–Crippen MR) is 150 cm³/mol. The molecule has 5 rings (SSSR count). The number of amides is 1. The van der Waals surface area contributed by atoms with Gasteiger partial charge in [0.15, 0.2) is 16.9 Å². The highest BCUT2D eigenvalue weighted by molar-refractivity contribution is 6.31. The van der Waals surface area contributed by atoms with E-state index in [4.69, 9.17) is 25.5 Å². The average Bonchev–Trinajstić information content (AvgIpc) is 3.22.